The standard InChI is InChI=1S/C19H25N3O4/c1-13(2)21(14(3)4)18(24)12-26-19(25)16-10-11-17(23)22(20-16)15-8-6-5-7-9-15/h5-9,13-14H,10-12H2,1-4H3. The van der Waals surface area contributed by atoms with Crippen molar-refractivity contribution in [2.24, 2.45) is 5.10 Å². The topological polar surface area (TPSA) is 79.3 Å². The molecule has 1 aliphatic rings. The molecule has 26 heavy (non-hydrogen) atoms. The van der Waals surface area contributed by atoms with Gasteiger partial charge in [0.05, 0.1) is 5.69 Å². The van der Waals surface area contributed by atoms with Crippen molar-refractivity contribution < 1.29 is 19.1 Å². The van der Waals surface area contributed by atoms with Crippen LogP contribution in [0, 0.1) is 0 Å². The Labute approximate surface area is 153 Å². The third-order valence-corrected chi connectivity index (χ3v) is 4.00. The minimum atomic E-state index is -0.667. The van der Waals surface area contributed by atoms with Gasteiger partial charge < -0.3 is 9.64 Å². The van der Waals surface area contributed by atoms with Crippen molar-refractivity contribution in [2.45, 2.75) is 52.6 Å². The number of anilines is 1. The number of hydrogen-bond donors (Lipinski definition) is 0. The predicted molar refractivity (Wildman–Crippen MR) is 98.7 cm³/mol. The Morgan fingerprint density at radius 1 is 1.12 bits per heavy atom. The SMILES string of the molecule is CC(C)N(C(=O)COC(=O)C1=NN(c2ccccc2)C(=O)CC1)C(C)C. The smallest absolute Gasteiger partial charge is 0.355 e. The van der Waals surface area contributed by atoms with Crippen molar-refractivity contribution in [1.82, 2.24) is 4.90 Å². The van der Waals surface area contributed by atoms with Crippen molar-refractivity contribution in [1.29, 1.82) is 0 Å². The first-order valence-electron chi connectivity index (χ1n) is 8.75. The van der Waals surface area contributed by atoms with Gasteiger partial charge in [-0.1, -0.05) is 18.2 Å². The number of carbonyl (C=O) groups is 3. The van der Waals surface area contributed by atoms with Crippen LogP contribution < -0.4 is 5.01 Å². The summed E-state index contributed by atoms with van der Waals surface area (Å²) in [6.45, 7) is 7.30. The van der Waals surface area contributed by atoms with Crippen LogP contribution in [0.5, 0.6) is 0 Å². The highest BCUT2D eigenvalue weighted by molar-refractivity contribution is 6.38. The first-order chi connectivity index (χ1) is 12.3. The third-order valence-electron chi connectivity index (χ3n) is 4.00. The first kappa shape index (κ1) is 19.6. The zero-order valence-corrected chi connectivity index (χ0v) is 15.6. The molecule has 0 spiro atoms. The van der Waals surface area contributed by atoms with Crippen LogP contribution in [0.1, 0.15) is 40.5 Å². The van der Waals surface area contributed by atoms with Gasteiger partial charge in [-0.15, -0.1) is 0 Å². The Hall–Kier alpha value is -2.70. The monoisotopic (exact) mass is 359 g/mol. The van der Waals surface area contributed by atoms with Gasteiger partial charge in [0.2, 0.25) is 5.91 Å². The van der Waals surface area contributed by atoms with E-state index in [0.29, 0.717) is 5.69 Å². The van der Waals surface area contributed by atoms with Crippen LogP contribution >= 0.6 is 0 Å². The Bertz CT molecular complexity index is 690. The second kappa shape index (κ2) is 8.60. The summed E-state index contributed by atoms with van der Waals surface area (Å²) >= 11 is 0. The molecule has 1 aliphatic heterocycles. The Morgan fingerprint density at radius 3 is 2.31 bits per heavy atom. The summed E-state index contributed by atoms with van der Waals surface area (Å²) in [5, 5.41) is 5.33. The van der Waals surface area contributed by atoms with Crippen molar-refractivity contribution >= 4 is 29.2 Å². The van der Waals surface area contributed by atoms with E-state index in [-0.39, 0.29) is 49.1 Å². The number of nitrogens with zero attached hydrogens (tertiary/aromatic N) is 3. The van der Waals surface area contributed by atoms with E-state index in [9.17, 15) is 14.4 Å². The molecule has 0 fully saturated rings. The highest BCUT2D eigenvalue weighted by atomic mass is 16.5. The molecule has 140 valence electrons. The maximum absolute atomic E-state index is 12.3. The van der Waals surface area contributed by atoms with Crippen LogP contribution in [0.4, 0.5) is 5.69 Å². The van der Waals surface area contributed by atoms with Gasteiger partial charge in [0.25, 0.3) is 5.91 Å². The van der Waals surface area contributed by atoms with Crippen molar-refractivity contribution in [3.05, 3.63) is 30.3 Å². The molecule has 0 aliphatic carbocycles. The lowest BCUT2D eigenvalue weighted by Crippen LogP contribution is -2.44. The molecule has 0 saturated carbocycles. The van der Waals surface area contributed by atoms with E-state index in [0.717, 1.165) is 0 Å². The number of amides is 2. The van der Waals surface area contributed by atoms with E-state index in [2.05, 4.69) is 5.10 Å². The van der Waals surface area contributed by atoms with Crippen LogP contribution in [0.15, 0.2) is 35.4 Å². The fourth-order valence-corrected chi connectivity index (χ4v) is 2.93. The molecule has 0 saturated heterocycles. The third kappa shape index (κ3) is 4.68. The molecule has 2 rings (SSSR count). The van der Waals surface area contributed by atoms with E-state index in [4.69, 9.17) is 4.74 Å². The van der Waals surface area contributed by atoms with Crippen LogP contribution in [0.2, 0.25) is 0 Å². The van der Waals surface area contributed by atoms with Crippen LogP contribution in [-0.2, 0) is 19.1 Å². The molecule has 0 unspecified atom stereocenters. The molecular formula is C19H25N3O4. The highest BCUT2D eigenvalue weighted by Gasteiger charge is 2.28. The molecule has 0 aromatic heterocycles. The molecule has 0 radical (unpaired) electrons. The summed E-state index contributed by atoms with van der Waals surface area (Å²) in [5.74, 6) is -1.11. The molecule has 0 N–H and O–H groups in total. The Balaban J connectivity index is 2.05. The molecule has 7 nitrogen and oxygen atoms in total. The fourth-order valence-electron chi connectivity index (χ4n) is 2.93. The number of carbonyl (C=O) groups excluding carboxylic acids is 3. The molecule has 1 aromatic rings. The fraction of sp³-hybridized carbons (Fsp3) is 0.474. The van der Waals surface area contributed by atoms with Gasteiger partial charge in [-0.2, -0.15) is 5.10 Å². The van der Waals surface area contributed by atoms with Gasteiger partial charge in [-0.3, -0.25) is 9.59 Å². The van der Waals surface area contributed by atoms with Crippen LogP contribution in [0.25, 0.3) is 0 Å². The first-order valence-corrected chi connectivity index (χ1v) is 8.75. The Kier molecular flexibility index (Phi) is 6.49. The van der Waals surface area contributed by atoms with E-state index < -0.39 is 5.97 Å². The lowest BCUT2D eigenvalue weighted by molar-refractivity contribution is -0.149. The lowest BCUT2D eigenvalue weighted by Gasteiger charge is -2.30. The number of ether oxygens (including phenoxy) is 1. The van der Waals surface area contributed by atoms with Crippen molar-refractivity contribution in [3.63, 3.8) is 0 Å². The summed E-state index contributed by atoms with van der Waals surface area (Å²) in [5.41, 5.74) is 0.728. The summed E-state index contributed by atoms with van der Waals surface area (Å²) in [7, 11) is 0. The maximum Gasteiger partial charge on any atom is 0.355 e. The van der Waals surface area contributed by atoms with E-state index >= 15 is 0 Å². The van der Waals surface area contributed by atoms with Crippen molar-refractivity contribution in [2.75, 3.05) is 11.6 Å². The summed E-state index contributed by atoms with van der Waals surface area (Å²) in [6, 6.07) is 8.91. The number of esters is 1. The molecule has 0 bridgehead atoms. The maximum atomic E-state index is 12.3. The number of hydrogen-bond acceptors (Lipinski definition) is 5. The largest absolute Gasteiger partial charge is 0.451 e. The summed E-state index contributed by atoms with van der Waals surface area (Å²) in [4.78, 5) is 38.3. The normalized spacial score (nSPS) is 14.5. The quantitative estimate of drug-likeness (QED) is 0.731. The average Bonchev–Trinajstić information content (AvgIpc) is 2.60. The van der Waals surface area contributed by atoms with Gasteiger partial charge in [0, 0.05) is 24.9 Å². The van der Waals surface area contributed by atoms with Crippen LogP contribution in [0.3, 0.4) is 0 Å². The number of benzene rings is 1. The van der Waals surface area contributed by atoms with Gasteiger partial charge in [0.1, 0.15) is 5.71 Å². The second-order valence-corrected chi connectivity index (χ2v) is 6.65. The van der Waals surface area contributed by atoms with Gasteiger partial charge >= 0.3 is 5.97 Å². The highest BCUT2D eigenvalue weighted by Crippen LogP contribution is 2.20. The zero-order chi connectivity index (χ0) is 19.3. The predicted octanol–water partition coefficient (Wildman–Crippen LogP) is 2.36. The number of rotatable bonds is 6. The Morgan fingerprint density at radius 2 is 1.73 bits per heavy atom. The van der Waals surface area contributed by atoms with Crippen LogP contribution in [-0.4, -0.2) is 47.1 Å². The lowest BCUT2D eigenvalue weighted by atomic mass is 10.1. The minimum absolute atomic E-state index is 0.0133. The molecule has 0 atom stereocenters. The zero-order valence-electron chi connectivity index (χ0n) is 15.6. The average molecular weight is 359 g/mol. The molecular weight excluding hydrogens is 334 g/mol. The molecule has 1 heterocycles. The summed E-state index contributed by atoms with van der Waals surface area (Å²) < 4.78 is 5.15. The second-order valence-electron chi connectivity index (χ2n) is 6.65. The van der Waals surface area contributed by atoms with Gasteiger partial charge in [-0.25, -0.2) is 9.80 Å². The van der Waals surface area contributed by atoms with E-state index in [1.54, 1.807) is 29.2 Å². The number of para-hydroxylation sites is 1. The van der Waals surface area contributed by atoms with E-state index in [1.165, 1.54) is 5.01 Å². The molecule has 7 heteroatoms. The molecule has 2 amide bonds. The summed E-state index contributed by atoms with van der Waals surface area (Å²) in [6.07, 6.45) is 0.369. The van der Waals surface area contributed by atoms with Gasteiger partial charge in [-0.05, 0) is 39.8 Å². The van der Waals surface area contributed by atoms with E-state index in [1.807, 2.05) is 33.8 Å². The molecule has 1 aromatic carbocycles. The van der Waals surface area contributed by atoms with Gasteiger partial charge in [0.15, 0.2) is 6.61 Å². The number of hydrazone groups is 1. The minimum Gasteiger partial charge on any atom is -0.451 e. The van der Waals surface area contributed by atoms with Crippen molar-refractivity contribution in [3.8, 4) is 0 Å².